The summed E-state index contributed by atoms with van der Waals surface area (Å²) in [5.74, 6) is 2.88. The van der Waals surface area contributed by atoms with Gasteiger partial charge in [-0.2, -0.15) is 11.8 Å². The Labute approximate surface area is 284 Å². The van der Waals surface area contributed by atoms with Crippen LogP contribution in [-0.2, 0) is 4.79 Å². The molecule has 10 atom stereocenters. The predicted octanol–water partition coefficient (Wildman–Crippen LogP) is 9.57. The van der Waals surface area contributed by atoms with E-state index in [4.69, 9.17) is 0 Å². The Morgan fingerprint density at radius 2 is 1.67 bits per heavy atom. The second-order valence-corrected chi connectivity index (χ2v) is 19.5. The molecule has 7 aliphatic rings. The van der Waals surface area contributed by atoms with E-state index in [-0.39, 0.29) is 5.92 Å². The van der Waals surface area contributed by atoms with Gasteiger partial charge < -0.3 is 15.5 Å². The number of carboxylic acids is 1. The summed E-state index contributed by atoms with van der Waals surface area (Å²) in [7, 11) is 0. The summed E-state index contributed by atoms with van der Waals surface area (Å²) in [6.07, 6.45) is 28.3. The number of thioether (sulfide) groups is 1. The number of hydrogen-bond donors (Lipinski definition) is 3. The van der Waals surface area contributed by atoms with Crippen LogP contribution in [0.2, 0.25) is 0 Å². The van der Waals surface area contributed by atoms with Crippen LogP contribution in [0.5, 0.6) is 0 Å². The van der Waals surface area contributed by atoms with Gasteiger partial charge in [0.2, 0.25) is 0 Å². The Morgan fingerprint density at radius 3 is 2.37 bits per heavy atom. The number of fused-ring (bicyclic) bond motifs is 7. The van der Waals surface area contributed by atoms with Crippen molar-refractivity contribution >= 4 is 17.7 Å². The molecule has 46 heavy (non-hydrogen) atoms. The Morgan fingerprint density at radius 1 is 0.891 bits per heavy atom. The van der Waals surface area contributed by atoms with E-state index in [9.17, 15) is 15.0 Å². The molecule has 0 aliphatic heterocycles. The number of rotatable bonds is 7. The lowest BCUT2D eigenvalue weighted by Gasteiger charge is -2.71. The summed E-state index contributed by atoms with van der Waals surface area (Å²) in [5, 5.41) is 25.9. The van der Waals surface area contributed by atoms with Crippen LogP contribution in [0.15, 0.2) is 23.3 Å². The molecular formula is C41H65NO3S. The summed E-state index contributed by atoms with van der Waals surface area (Å²) in [4.78, 5) is 11.6. The van der Waals surface area contributed by atoms with Crippen LogP contribution in [0, 0.1) is 51.8 Å². The molecule has 5 heteroatoms. The van der Waals surface area contributed by atoms with E-state index in [1.807, 2.05) is 11.8 Å². The van der Waals surface area contributed by atoms with Crippen LogP contribution in [0.4, 0.5) is 0 Å². The van der Waals surface area contributed by atoms with Gasteiger partial charge in [0.1, 0.15) is 0 Å². The fourth-order valence-corrected chi connectivity index (χ4v) is 14.7. The SMILES string of the molecule is CS[C@H]1CC[C@@](O)(CCNC23CCC[C@@H]2C2CCC4C5(C)CC=C(C6=CCC(C(=O)O)CC6)C(C)C5CCC4(C)[C@]2(C)CC3)CC1. The number of carboxylic acid groups (broad SMARTS) is 1. The van der Waals surface area contributed by atoms with Gasteiger partial charge in [0, 0.05) is 10.8 Å². The maximum absolute atomic E-state index is 11.6. The van der Waals surface area contributed by atoms with Crippen LogP contribution in [0.25, 0.3) is 0 Å². The average Bonchev–Trinajstić information content (AvgIpc) is 3.46. The van der Waals surface area contributed by atoms with Crippen LogP contribution in [0.3, 0.4) is 0 Å². The minimum atomic E-state index is -0.625. The number of allylic oxidation sites excluding steroid dienone is 4. The van der Waals surface area contributed by atoms with Crippen molar-refractivity contribution in [3.05, 3.63) is 23.3 Å². The maximum atomic E-state index is 11.6. The number of aliphatic hydroxyl groups is 1. The van der Waals surface area contributed by atoms with Gasteiger partial charge >= 0.3 is 5.97 Å². The third-order valence-corrected chi connectivity index (χ3v) is 18.1. The molecule has 0 aromatic carbocycles. The molecule has 258 valence electrons. The van der Waals surface area contributed by atoms with Crippen molar-refractivity contribution in [3.8, 4) is 0 Å². The molecule has 0 radical (unpaired) electrons. The van der Waals surface area contributed by atoms with Gasteiger partial charge in [0.05, 0.1) is 11.5 Å². The van der Waals surface area contributed by atoms with Crippen molar-refractivity contribution in [2.45, 2.75) is 160 Å². The van der Waals surface area contributed by atoms with E-state index in [1.165, 1.54) is 82.6 Å². The highest BCUT2D eigenvalue weighted by Gasteiger charge is 2.68. The smallest absolute Gasteiger partial charge is 0.306 e. The van der Waals surface area contributed by atoms with Crippen LogP contribution in [0.1, 0.15) is 143 Å². The Kier molecular flexibility index (Phi) is 8.95. The lowest BCUT2D eigenvalue weighted by atomic mass is 9.34. The molecule has 4 nitrogen and oxygen atoms in total. The van der Waals surface area contributed by atoms with E-state index < -0.39 is 11.6 Å². The molecule has 0 heterocycles. The highest BCUT2D eigenvalue weighted by molar-refractivity contribution is 7.99. The molecule has 0 spiro atoms. The zero-order valence-corrected chi connectivity index (χ0v) is 30.7. The van der Waals surface area contributed by atoms with E-state index >= 15 is 0 Å². The minimum absolute atomic E-state index is 0.194. The fraction of sp³-hybridized carbons (Fsp3) is 0.878. The minimum Gasteiger partial charge on any atom is -0.481 e. The quantitative estimate of drug-likeness (QED) is 0.256. The van der Waals surface area contributed by atoms with Crippen molar-refractivity contribution in [1.82, 2.24) is 5.32 Å². The molecule has 5 fully saturated rings. The maximum Gasteiger partial charge on any atom is 0.306 e. The first-order valence-corrected chi connectivity index (χ1v) is 20.8. The predicted molar refractivity (Wildman–Crippen MR) is 191 cm³/mol. The second kappa shape index (κ2) is 12.2. The summed E-state index contributed by atoms with van der Waals surface area (Å²) in [6.45, 7) is 11.7. The molecular weight excluding hydrogens is 587 g/mol. The third kappa shape index (κ3) is 5.24. The van der Waals surface area contributed by atoms with Crippen molar-refractivity contribution < 1.29 is 15.0 Å². The monoisotopic (exact) mass is 651 g/mol. The van der Waals surface area contributed by atoms with E-state index in [1.54, 1.807) is 5.57 Å². The first-order valence-electron chi connectivity index (χ1n) is 19.5. The lowest BCUT2D eigenvalue weighted by Crippen LogP contribution is -2.67. The highest BCUT2D eigenvalue weighted by Crippen LogP contribution is 2.75. The largest absolute Gasteiger partial charge is 0.481 e. The van der Waals surface area contributed by atoms with Crippen molar-refractivity contribution in [2.75, 3.05) is 12.8 Å². The Hall–Kier alpha value is -0.780. The Bertz CT molecular complexity index is 1240. The second-order valence-electron chi connectivity index (χ2n) is 18.4. The van der Waals surface area contributed by atoms with Gasteiger partial charge in [0.25, 0.3) is 0 Å². The molecule has 7 rings (SSSR count). The third-order valence-electron chi connectivity index (χ3n) is 17.0. The number of aliphatic carboxylic acids is 1. The van der Waals surface area contributed by atoms with Crippen molar-refractivity contribution in [2.24, 2.45) is 51.8 Å². The fourth-order valence-electron chi connectivity index (χ4n) is 14.0. The van der Waals surface area contributed by atoms with Gasteiger partial charge in [-0.25, -0.2) is 0 Å². The van der Waals surface area contributed by atoms with E-state index in [2.05, 4.69) is 51.4 Å². The van der Waals surface area contributed by atoms with E-state index in [0.717, 1.165) is 67.6 Å². The molecule has 0 saturated heterocycles. The molecule has 0 aromatic heterocycles. The van der Waals surface area contributed by atoms with Crippen LogP contribution in [-0.4, -0.2) is 45.4 Å². The number of hydrogen-bond acceptors (Lipinski definition) is 4. The van der Waals surface area contributed by atoms with Gasteiger partial charge in [-0.15, -0.1) is 0 Å². The zero-order chi connectivity index (χ0) is 32.5. The first kappa shape index (κ1) is 33.7. The molecule has 7 aliphatic carbocycles. The first-order chi connectivity index (χ1) is 21.9. The molecule has 3 N–H and O–H groups in total. The van der Waals surface area contributed by atoms with Crippen LogP contribution < -0.4 is 5.32 Å². The van der Waals surface area contributed by atoms with Crippen LogP contribution >= 0.6 is 11.8 Å². The van der Waals surface area contributed by atoms with Gasteiger partial charge in [0.15, 0.2) is 0 Å². The Balaban J connectivity index is 1.06. The topological polar surface area (TPSA) is 69.6 Å². The molecule has 5 saturated carbocycles. The lowest BCUT2D eigenvalue weighted by molar-refractivity contribution is -0.212. The summed E-state index contributed by atoms with van der Waals surface area (Å²) in [5.41, 5.74) is 4.03. The van der Waals surface area contributed by atoms with Gasteiger partial charge in [-0.3, -0.25) is 4.79 Å². The van der Waals surface area contributed by atoms with Gasteiger partial charge in [-0.05, 0) is 179 Å². The normalized spacial score (nSPS) is 50.3. The van der Waals surface area contributed by atoms with E-state index in [0.29, 0.717) is 34.1 Å². The molecule has 0 amide bonds. The van der Waals surface area contributed by atoms with Crippen molar-refractivity contribution in [3.63, 3.8) is 0 Å². The summed E-state index contributed by atoms with van der Waals surface area (Å²) >= 11 is 1.99. The number of carbonyl (C=O) groups is 1. The highest BCUT2D eigenvalue weighted by atomic mass is 32.2. The summed E-state index contributed by atoms with van der Waals surface area (Å²) < 4.78 is 0. The zero-order valence-electron chi connectivity index (χ0n) is 29.8. The molecule has 8 unspecified atom stereocenters. The molecule has 0 aromatic rings. The van der Waals surface area contributed by atoms with Gasteiger partial charge in [-0.1, -0.05) is 46.3 Å². The van der Waals surface area contributed by atoms with Crippen molar-refractivity contribution in [1.29, 1.82) is 0 Å². The molecule has 0 bridgehead atoms. The average molecular weight is 652 g/mol. The number of nitrogens with one attached hydrogen (secondary N) is 1. The standard InChI is InChI=1S/C41H65NO3S/c1-27-31(28-8-10-29(11-9-28)36(43)44)16-19-37(2)32(27)17-20-39(4)35(37)13-12-33-34-7-6-18-41(34,24-23-38(33,39)3)42-26-25-40(45)21-14-30(46-5)15-22-40/h8,16,27,29-30,32-35,42,45H,6-7,9-15,17-26H2,1-5H3,(H,43,44)/t27?,29?,30-,32?,33?,34-,35?,37?,38-,39?,40-,41?/m1/s1. The summed E-state index contributed by atoms with van der Waals surface area (Å²) in [6, 6.07) is 0.